The lowest BCUT2D eigenvalue weighted by molar-refractivity contribution is -0.121. The van der Waals surface area contributed by atoms with Crippen LogP contribution in [-0.4, -0.2) is 36.7 Å². The number of rotatable bonds is 6. The molecule has 3 rings (SSSR count). The number of carbonyl (C=O) groups is 1. The number of nitrogens with zero attached hydrogens (tertiary/aromatic N) is 3. The fraction of sp³-hybridized carbons (Fsp3) is 0.368. The minimum absolute atomic E-state index is 0.247. The molecule has 0 spiro atoms. The lowest BCUT2D eigenvalue weighted by Gasteiger charge is -2.32. The van der Waals surface area contributed by atoms with Gasteiger partial charge in [0.05, 0.1) is 6.20 Å². The Morgan fingerprint density at radius 1 is 1.26 bits per heavy atom. The summed E-state index contributed by atoms with van der Waals surface area (Å²) >= 11 is 0. The van der Waals surface area contributed by atoms with Crippen LogP contribution in [0.25, 0.3) is 6.08 Å². The number of amides is 1. The normalized spacial score (nSPS) is 18.4. The molecular weight excluding hydrogens is 364 g/mol. The Morgan fingerprint density at radius 2 is 2.00 bits per heavy atom. The Balaban J connectivity index is 1.72. The highest BCUT2D eigenvalue weighted by molar-refractivity contribution is 7.92. The third-order valence-electron chi connectivity index (χ3n) is 4.53. The van der Waals surface area contributed by atoms with Gasteiger partial charge in [0.1, 0.15) is 11.9 Å². The number of hydrogen-bond donors (Lipinski definition) is 1. The molecule has 1 N–H and O–H groups in total. The van der Waals surface area contributed by atoms with E-state index >= 15 is 0 Å². The van der Waals surface area contributed by atoms with E-state index in [0.717, 1.165) is 23.0 Å². The van der Waals surface area contributed by atoms with Crippen LogP contribution >= 0.6 is 0 Å². The van der Waals surface area contributed by atoms with Gasteiger partial charge in [-0.1, -0.05) is 29.8 Å². The van der Waals surface area contributed by atoms with Gasteiger partial charge >= 0.3 is 0 Å². The molecular formula is C19H24N4O3S. The van der Waals surface area contributed by atoms with E-state index in [4.69, 9.17) is 0 Å². The number of carbonyl (C=O) groups excluding carboxylic acids is 1. The standard InChI is InChI=1S/C19H24N4O3S/c1-3-23-18(10-12-20-23)22-13-4-5-17(19(22)24)21-27(25,26)14-11-16-8-6-15(2)7-9-16/h6-12,14,17,21H,3-5,13H2,1-2H3/b14-11+. The Morgan fingerprint density at radius 3 is 2.70 bits per heavy atom. The number of benzene rings is 1. The van der Waals surface area contributed by atoms with Gasteiger partial charge in [0.15, 0.2) is 0 Å². The molecule has 7 nitrogen and oxygen atoms in total. The van der Waals surface area contributed by atoms with Crippen molar-refractivity contribution in [3.05, 3.63) is 53.1 Å². The number of anilines is 1. The molecule has 1 aromatic carbocycles. The first-order chi connectivity index (χ1) is 12.9. The van der Waals surface area contributed by atoms with Crippen molar-refractivity contribution in [1.29, 1.82) is 0 Å². The van der Waals surface area contributed by atoms with E-state index in [1.807, 2.05) is 38.1 Å². The predicted octanol–water partition coefficient (Wildman–Crippen LogP) is 2.30. The van der Waals surface area contributed by atoms with Gasteiger partial charge in [-0.05, 0) is 38.3 Å². The first-order valence-electron chi connectivity index (χ1n) is 9.00. The maximum atomic E-state index is 12.8. The van der Waals surface area contributed by atoms with Crippen molar-refractivity contribution in [2.75, 3.05) is 11.4 Å². The fourth-order valence-corrected chi connectivity index (χ4v) is 4.12. The van der Waals surface area contributed by atoms with Gasteiger partial charge in [0.2, 0.25) is 15.9 Å². The topological polar surface area (TPSA) is 84.3 Å². The van der Waals surface area contributed by atoms with Crippen molar-refractivity contribution >= 4 is 27.8 Å². The average molecular weight is 388 g/mol. The van der Waals surface area contributed by atoms with E-state index in [1.165, 1.54) is 6.08 Å². The molecule has 1 aliphatic rings. The second-order valence-electron chi connectivity index (χ2n) is 6.57. The van der Waals surface area contributed by atoms with Crippen LogP contribution in [0.5, 0.6) is 0 Å². The molecule has 0 bridgehead atoms. The van der Waals surface area contributed by atoms with Gasteiger partial charge in [-0.2, -0.15) is 9.82 Å². The summed E-state index contributed by atoms with van der Waals surface area (Å²) in [6.45, 7) is 5.11. The molecule has 1 saturated heterocycles. The molecule has 0 aliphatic carbocycles. The molecule has 27 heavy (non-hydrogen) atoms. The summed E-state index contributed by atoms with van der Waals surface area (Å²) in [7, 11) is -3.73. The smallest absolute Gasteiger partial charge is 0.246 e. The van der Waals surface area contributed by atoms with Crippen LogP contribution in [0.3, 0.4) is 0 Å². The summed E-state index contributed by atoms with van der Waals surface area (Å²) in [4.78, 5) is 14.4. The Labute approximate surface area is 159 Å². The van der Waals surface area contributed by atoms with Crippen molar-refractivity contribution in [1.82, 2.24) is 14.5 Å². The summed E-state index contributed by atoms with van der Waals surface area (Å²) in [5, 5.41) is 5.30. The van der Waals surface area contributed by atoms with E-state index < -0.39 is 16.1 Å². The predicted molar refractivity (Wildman–Crippen MR) is 106 cm³/mol. The van der Waals surface area contributed by atoms with Crippen LogP contribution in [0, 0.1) is 6.92 Å². The highest BCUT2D eigenvalue weighted by Crippen LogP contribution is 2.21. The van der Waals surface area contributed by atoms with Gasteiger partial charge in [0.25, 0.3) is 0 Å². The van der Waals surface area contributed by atoms with Crippen LogP contribution in [0.2, 0.25) is 0 Å². The van der Waals surface area contributed by atoms with Crippen LogP contribution in [0.4, 0.5) is 5.82 Å². The van der Waals surface area contributed by atoms with Gasteiger partial charge in [-0.25, -0.2) is 13.1 Å². The van der Waals surface area contributed by atoms with Crippen molar-refractivity contribution < 1.29 is 13.2 Å². The molecule has 2 aromatic rings. The lowest BCUT2D eigenvalue weighted by Crippen LogP contribution is -2.52. The Kier molecular flexibility index (Phi) is 5.76. The number of piperidine rings is 1. The number of aryl methyl sites for hydroxylation is 2. The van der Waals surface area contributed by atoms with Gasteiger partial charge in [-0.15, -0.1) is 0 Å². The Hall–Kier alpha value is -2.45. The van der Waals surface area contributed by atoms with E-state index in [0.29, 0.717) is 25.3 Å². The van der Waals surface area contributed by atoms with Crippen molar-refractivity contribution in [2.45, 2.75) is 39.3 Å². The molecule has 1 aromatic heterocycles. The van der Waals surface area contributed by atoms with Crippen LogP contribution in [0.1, 0.15) is 30.9 Å². The summed E-state index contributed by atoms with van der Waals surface area (Å²) in [6, 6.07) is 8.53. The highest BCUT2D eigenvalue weighted by atomic mass is 32.2. The third kappa shape index (κ3) is 4.64. The van der Waals surface area contributed by atoms with Crippen molar-refractivity contribution in [3.63, 3.8) is 0 Å². The van der Waals surface area contributed by atoms with Crippen LogP contribution in [0.15, 0.2) is 41.9 Å². The zero-order chi connectivity index (χ0) is 19.4. The second kappa shape index (κ2) is 8.06. The average Bonchev–Trinajstić information content (AvgIpc) is 3.11. The van der Waals surface area contributed by atoms with Gasteiger partial charge in [0, 0.05) is 24.6 Å². The highest BCUT2D eigenvalue weighted by Gasteiger charge is 2.33. The molecule has 0 saturated carbocycles. The first kappa shape index (κ1) is 19.3. The summed E-state index contributed by atoms with van der Waals surface area (Å²) in [6.07, 6.45) is 4.37. The number of aromatic nitrogens is 2. The maximum Gasteiger partial charge on any atom is 0.246 e. The molecule has 1 atom stereocenters. The zero-order valence-electron chi connectivity index (χ0n) is 15.5. The zero-order valence-corrected chi connectivity index (χ0v) is 16.3. The Bertz CT molecular complexity index is 932. The van der Waals surface area contributed by atoms with Gasteiger partial charge < -0.3 is 0 Å². The summed E-state index contributed by atoms with van der Waals surface area (Å²) < 4.78 is 29.1. The molecule has 1 amide bonds. The minimum atomic E-state index is -3.73. The van der Waals surface area contributed by atoms with E-state index in [1.54, 1.807) is 21.8 Å². The summed E-state index contributed by atoms with van der Waals surface area (Å²) in [5.74, 6) is 0.449. The van der Waals surface area contributed by atoms with Crippen molar-refractivity contribution in [3.8, 4) is 0 Å². The molecule has 2 heterocycles. The molecule has 0 radical (unpaired) electrons. The molecule has 1 unspecified atom stereocenters. The van der Waals surface area contributed by atoms with Crippen LogP contribution < -0.4 is 9.62 Å². The quantitative estimate of drug-likeness (QED) is 0.823. The number of nitrogens with one attached hydrogen (secondary N) is 1. The number of sulfonamides is 1. The largest absolute Gasteiger partial charge is 0.296 e. The molecule has 1 aliphatic heterocycles. The second-order valence-corrected chi connectivity index (χ2v) is 8.16. The SMILES string of the molecule is CCn1nccc1N1CCCC(NS(=O)(=O)/C=C/c2ccc(C)cc2)C1=O. The van der Waals surface area contributed by atoms with E-state index in [-0.39, 0.29) is 5.91 Å². The maximum absolute atomic E-state index is 12.8. The lowest BCUT2D eigenvalue weighted by atomic mass is 10.1. The fourth-order valence-electron chi connectivity index (χ4n) is 3.09. The monoisotopic (exact) mass is 388 g/mol. The van der Waals surface area contributed by atoms with E-state index in [2.05, 4.69) is 9.82 Å². The first-order valence-corrected chi connectivity index (χ1v) is 10.5. The third-order valence-corrected chi connectivity index (χ3v) is 5.64. The van der Waals surface area contributed by atoms with Crippen molar-refractivity contribution in [2.24, 2.45) is 0 Å². The number of hydrogen-bond acceptors (Lipinski definition) is 4. The molecule has 144 valence electrons. The summed E-state index contributed by atoms with van der Waals surface area (Å²) in [5.41, 5.74) is 1.89. The molecule has 8 heteroatoms. The minimum Gasteiger partial charge on any atom is -0.296 e. The van der Waals surface area contributed by atoms with E-state index in [9.17, 15) is 13.2 Å². The molecule has 1 fully saturated rings. The van der Waals surface area contributed by atoms with Crippen LogP contribution in [-0.2, 0) is 21.4 Å². The van der Waals surface area contributed by atoms with Gasteiger partial charge in [-0.3, -0.25) is 9.69 Å².